The van der Waals surface area contributed by atoms with Crippen molar-refractivity contribution in [3.8, 4) is 0 Å². The summed E-state index contributed by atoms with van der Waals surface area (Å²) in [6, 6.07) is 14.1. The lowest BCUT2D eigenvalue weighted by molar-refractivity contribution is 0.0600. The molecule has 1 atom stereocenters. The minimum Gasteiger partial charge on any atom is -0.465 e. The largest absolute Gasteiger partial charge is 0.465 e. The van der Waals surface area contributed by atoms with Gasteiger partial charge in [0.1, 0.15) is 0 Å². The molecular weight excluding hydrogens is 360 g/mol. The Balaban J connectivity index is 1.78. The van der Waals surface area contributed by atoms with E-state index in [1.54, 1.807) is 47.6 Å². The van der Waals surface area contributed by atoms with Crippen molar-refractivity contribution < 1.29 is 9.53 Å². The van der Waals surface area contributed by atoms with E-state index >= 15 is 0 Å². The molecule has 0 fully saturated rings. The molecule has 2 aromatic carbocycles. The molecule has 0 radical (unpaired) electrons. The van der Waals surface area contributed by atoms with Crippen molar-refractivity contribution in [3.05, 3.63) is 70.2 Å². The number of methoxy groups -OCH3 is 1. The Kier molecular flexibility index (Phi) is 5.16. The van der Waals surface area contributed by atoms with Crippen LogP contribution in [0.4, 0.5) is 0 Å². The average Bonchev–Trinajstić information content (AvgIpc) is 3.01. The second kappa shape index (κ2) is 7.50. The minimum absolute atomic E-state index is 0.280. The quantitative estimate of drug-likeness (QED) is 0.458. The van der Waals surface area contributed by atoms with Gasteiger partial charge in [-0.05, 0) is 42.0 Å². The van der Waals surface area contributed by atoms with Gasteiger partial charge in [-0.3, -0.25) is 0 Å². The SMILES string of the molecule is COC(=O)c1ccc(C=NN2C(=S)N=NC2c2ccc(Cl)cc2)cc1. The highest BCUT2D eigenvalue weighted by Crippen LogP contribution is 2.29. The molecular formula is C17H13ClN4O2S. The van der Waals surface area contributed by atoms with Crippen LogP contribution in [0.2, 0.25) is 5.02 Å². The summed E-state index contributed by atoms with van der Waals surface area (Å²) in [6.07, 6.45) is 1.21. The summed E-state index contributed by atoms with van der Waals surface area (Å²) in [7, 11) is 1.34. The monoisotopic (exact) mass is 372 g/mol. The number of nitrogens with zero attached hydrogens (tertiary/aromatic N) is 4. The number of rotatable bonds is 4. The van der Waals surface area contributed by atoms with Gasteiger partial charge in [0.2, 0.25) is 5.11 Å². The van der Waals surface area contributed by atoms with Gasteiger partial charge in [0.15, 0.2) is 6.17 Å². The van der Waals surface area contributed by atoms with Crippen LogP contribution in [-0.2, 0) is 4.74 Å². The zero-order valence-corrected chi connectivity index (χ0v) is 14.7. The third-order valence-electron chi connectivity index (χ3n) is 3.51. The van der Waals surface area contributed by atoms with Gasteiger partial charge in [-0.2, -0.15) is 10.2 Å². The van der Waals surface area contributed by atoms with Gasteiger partial charge in [-0.15, -0.1) is 5.11 Å². The number of hydrogen-bond donors (Lipinski definition) is 0. The van der Waals surface area contributed by atoms with E-state index in [9.17, 15) is 4.79 Å². The van der Waals surface area contributed by atoms with Crippen molar-refractivity contribution in [2.75, 3.05) is 7.11 Å². The summed E-state index contributed by atoms with van der Waals surface area (Å²) in [6.45, 7) is 0. The lowest BCUT2D eigenvalue weighted by Gasteiger charge is -2.17. The third-order valence-corrected chi connectivity index (χ3v) is 4.03. The second-order valence-corrected chi connectivity index (χ2v) is 5.93. The summed E-state index contributed by atoms with van der Waals surface area (Å²) in [4.78, 5) is 11.4. The molecule has 0 spiro atoms. The molecule has 0 bridgehead atoms. The van der Waals surface area contributed by atoms with Crippen LogP contribution in [-0.4, -0.2) is 29.4 Å². The smallest absolute Gasteiger partial charge is 0.337 e. The molecule has 0 aromatic heterocycles. The Morgan fingerprint density at radius 3 is 2.56 bits per heavy atom. The van der Waals surface area contributed by atoms with E-state index in [0.29, 0.717) is 10.6 Å². The first-order chi connectivity index (χ1) is 12.1. The van der Waals surface area contributed by atoms with Crippen molar-refractivity contribution in [2.45, 2.75) is 6.17 Å². The second-order valence-electron chi connectivity index (χ2n) is 5.13. The van der Waals surface area contributed by atoms with Crippen molar-refractivity contribution >= 4 is 41.1 Å². The first kappa shape index (κ1) is 17.2. The van der Waals surface area contributed by atoms with Gasteiger partial charge >= 0.3 is 5.97 Å². The Labute approximate surface area is 154 Å². The molecule has 0 aliphatic carbocycles. The molecule has 0 amide bonds. The lowest BCUT2D eigenvalue weighted by atomic mass is 10.1. The summed E-state index contributed by atoms with van der Waals surface area (Å²) in [5, 5.41) is 14.9. The van der Waals surface area contributed by atoms with Gasteiger partial charge in [0.25, 0.3) is 0 Å². The Hall–Kier alpha value is -2.64. The molecule has 1 heterocycles. The number of benzene rings is 2. The maximum absolute atomic E-state index is 11.4. The van der Waals surface area contributed by atoms with Crippen molar-refractivity contribution in [3.63, 3.8) is 0 Å². The summed E-state index contributed by atoms with van der Waals surface area (Å²) >= 11 is 11.1. The van der Waals surface area contributed by atoms with Crippen molar-refractivity contribution in [1.82, 2.24) is 5.01 Å². The highest BCUT2D eigenvalue weighted by Gasteiger charge is 2.27. The van der Waals surface area contributed by atoms with Gasteiger partial charge in [0.05, 0.1) is 18.9 Å². The Morgan fingerprint density at radius 1 is 1.24 bits per heavy atom. The van der Waals surface area contributed by atoms with E-state index in [4.69, 9.17) is 23.8 Å². The topological polar surface area (TPSA) is 66.6 Å². The molecule has 2 aromatic rings. The standard InChI is InChI=1S/C17H13ClN4O2S/c1-24-16(23)13-4-2-11(3-5-13)10-19-22-15(20-21-17(22)25)12-6-8-14(18)9-7-12/h2-10,15H,1H3. The number of hydrazone groups is 1. The number of carbonyl (C=O) groups excluding carboxylic acids is 1. The predicted octanol–water partition coefficient (Wildman–Crippen LogP) is 4.21. The number of azo groups is 1. The van der Waals surface area contributed by atoms with Crippen LogP contribution < -0.4 is 0 Å². The van der Waals surface area contributed by atoms with Crippen LogP contribution >= 0.6 is 23.8 Å². The van der Waals surface area contributed by atoms with Crippen molar-refractivity contribution in [1.29, 1.82) is 0 Å². The van der Waals surface area contributed by atoms with Crippen LogP contribution in [0.3, 0.4) is 0 Å². The fraction of sp³-hybridized carbons (Fsp3) is 0.118. The fourth-order valence-electron chi connectivity index (χ4n) is 2.21. The molecule has 6 nitrogen and oxygen atoms in total. The zero-order valence-electron chi connectivity index (χ0n) is 13.2. The van der Waals surface area contributed by atoms with Gasteiger partial charge < -0.3 is 4.74 Å². The number of halogens is 1. The summed E-state index contributed by atoms with van der Waals surface area (Å²) in [5.74, 6) is -0.385. The molecule has 8 heteroatoms. The normalized spacial score (nSPS) is 16.6. The third kappa shape index (κ3) is 3.89. The first-order valence-corrected chi connectivity index (χ1v) is 8.09. The molecule has 0 N–H and O–H groups in total. The fourth-order valence-corrected chi connectivity index (χ4v) is 2.53. The zero-order chi connectivity index (χ0) is 17.8. The summed E-state index contributed by atoms with van der Waals surface area (Å²) in [5.41, 5.74) is 2.16. The number of carbonyl (C=O) groups is 1. The van der Waals surface area contributed by atoms with Crippen molar-refractivity contribution in [2.24, 2.45) is 15.3 Å². The lowest BCUT2D eigenvalue weighted by Crippen LogP contribution is -2.21. The van der Waals surface area contributed by atoms with E-state index in [1.807, 2.05) is 12.1 Å². The molecule has 1 unspecified atom stereocenters. The molecule has 0 saturated heterocycles. The highest BCUT2D eigenvalue weighted by atomic mass is 35.5. The van der Waals surface area contributed by atoms with Crippen LogP contribution in [0, 0.1) is 0 Å². The maximum atomic E-state index is 11.4. The predicted molar refractivity (Wildman–Crippen MR) is 98.9 cm³/mol. The Morgan fingerprint density at radius 2 is 1.92 bits per heavy atom. The van der Waals surface area contributed by atoms with E-state index in [1.165, 1.54) is 7.11 Å². The Bertz CT molecular complexity index is 850. The molecule has 0 saturated carbocycles. The van der Waals surface area contributed by atoms with Crippen LogP contribution in [0.15, 0.2) is 63.9 Å². The van der Waals surface area contributed by atoms with Crippen LogP contribution in [0.5, 0.6) is 0 Å². The summed E-state index contributed by atoms with van der Waals surface area (Å²) < 4.78 is 4.67. The number of ether oxygens (including phenoxy) is 1. The minimum atomic E-state index is -0.421. The average molecular weight is 373 g/mol. The van der Waals surface area contributed by atoms with Gasteiger partial charge in [-0.25, -0.2) is 9.80 Å². The van der Waals surface area contributed by atoms with Crippen LogP contribution in [0.1, 0.15) is 27.7 Å². The maximum Gasteiger partial charge on any atom is 0.337 e. The molecule has 3 rings (SSSR count). The van der Waals surface area contributed by atoms with Crippen LogP contribution in [0.25, 0.3) is 0 Å². The van der Waals surface area contributed by atoms with E-state index in [-0.39, 0.29) is 11.1 Å². The number of esters is 1. The van der Waals surface area contributed by atoms with Gasteiger partial charge in [-0.1, -0.05) is 35.9 Å². The van der Waals surface area contributed by atoms with Gasteiger partial charge in [0, 0.05) is 10.6 Å². The van der Waals surface area contributed by atoms with E-state index in [0.717, 1.165) is 11.1 Å². The van der Waals surface area contributed by atoms with E-state index in [2.05, 4.69) is 20.1 Å². The first-order valence-electron chi connectivity index (χ1n) is 7.30. The number of hydrogen-bond acceptors (Lipinski definition) is 5. The molecule has 1 aliphatic heterocycles. The number of thiocarbonyl (C=S) groups is 1. The molecule has 25 heavy (non-hydrogen) atoms. The molecule has 126 valence electrons. The molecule has 1 aliphatic rings. The van der Waals surface area contributed by atoms with E-state index < -0.39 is 6.17 Å². The highest BCUT2D eigenvalue weighted by molar-refractivity contribution is 7.80.